The van der Waals surface area contributed by atoms with E-state index in [1.165, 1.54) is 31.4 Å². The molecule has 29 heavy (non-hydrogen) atoms. The van der Waals surface area contributed by atoms with Crippen LogP contribution in [-0.2, 0) is 4.79 Å². The third-order valence-corrected chi connectivity index (χ3v) is 6.63. The predicted molar refractivity (Wildman–Crippen MR) is 113 cm³/mol. The molecule has 1 aliphatic heterocycles. The van der Waals surface area contributed by atoms with Crippen molar-refractivity contribution in [2.75, 3.05) is 19.6 Å². The lowest BCUT2D eigenvalue weighted by Gasteiger charge is -2.34. The number of likely N-dealkylation sites (tertiary alicyclic amines) is 1. The van der Waals surface area contributed by atoms with Gasteiger partial charge in [0.15, 0.2) is 5.78 Å². The molecule has 1 saturated heterocycles. The zero-order valence-electron chi connectivity index (χ0n) is 17.7. The van der Waals surface area contributed by atoms with E-state index >= 15 is 0 Å². The Hall–Kier alpha value is -1.75. The smallest absolute Gasteiger partial charge is 0.220 e. The Morgan fingerprint density at radius 1 is 1.03 bits per heavy atom. The maximum absolute atomic E-state index is 13.1. The monoisotopic (exact) mass is 402 g/mol. The predicted octanol–water partition coefficient (Wildman–Crippen LogP) is 4.59. The molecule has 1 saturated carbocycles. The van der Waals surface area contributed by atoms with Gasteiger partial charge in [0.05, 0.1) is 0 Å². The summed E-state index contributed by atoms with van der Waals surface area (Å²) in [5.41, 5.74) is 0.632. The molecule has 1 heterocycles. The number of nitrogens with one attached hydrogen (secondary N) is 1. The number of ketones is 1. The molecule has 0 aromatic heterocycles. The van der Waals surface area contributed by atoms with Gasteiger partial charge in [-0.25, -0.2) is 4.39 Å². The molecule has 1 N–H and O–H groups in total. The van der Waals surface area contributed by atoms with Gasteiger partial charge in [-0.15, -0.1) is 0 Å². The van der Waals surface area contributed by atoms with Gasteiger partial charge in [0.2, 0.25) is 5.91 Å². The Labute approximate surface area is 174 Å². The number of hydrogen-bond donors (Lipinski definition) is 1. The lowest BCUT2D eigenvalue weighted by molar-refractivity contribution is -0.122. The minimum Gasteiger partial charge on any atom is -0.353 e. The molecular formula is C24H35FN2O2. The summed E-state index contributed by atoms with van der Waals surface area (Å²) in [5, 5.41) is 3.18. The van der Waals surface area contributed by atoms with E-state index in [4.69, 9.17) is 0 Å². The molecule has 1 amide bonds. The van der Waals surface area contributed by atoms with E-state index in [1.807, 2.05) is 6.92 Å². The summed E-state index contributed by atoms with van der Waals surface area (Å²) >= 11 is 0. The quantitative estimate of drug-likeness (QED) is 0.647. The number of halogens is 1. The van der Waals surface area contributed by atoms with E-state index in [0.717, 1.165) is 57.7 Å². The van der Waals surface area contributed by atoms with Gasteiger partial charge in [-0.2, -0.15) is 0 Å². The number of hydrogen-bond acceptors (Lipinski definition) is 3. The van der Waals surface area contributed by atoms with Crippen molar-refractivity contribution in [3.8, 4) is 0 Å². The normalized spacial score (nSPS) is 23.7. The van der Waals surface area contributed by atoms with E-state index in [-0.39, 0.29) is 23.4 Å². The van der Waals surface area contributed by atoms with Crippen LogP contribution in [0.2, 0.25) is 0 Å². The second-order valence-corrected chi connectivity index (χ2v) is 8.81. The Morgan fingerprint density at radius 2 is 1.69 bits per heavy atom. The summed E-state index contributed by atoms with van der Waals surface area (Å²) in [6.45, 7) is 5.09. The van der Waals surface area contributed by atoms with Crippen molar-refractivity contribution in [2.24, 2.45) is 11.8 Å². The minimum absolute atomic E-state index is 0.0684. The molecule has 1 aromatic carbocycles. The number of piperidine rings is 1. The third kappa shape index (κ3) is 6.63. The molecule has 2 aliphatic rings. The van der Waals surface area contributed by atoms with Gasteiger partial charge >= 0.3 is 0 Å². The topological polar surface area (TPSA) is 49.4 Å². The fraction of sp³-hybridized carbons (Fsp3) is 0.667. The van der Waals surface area contributed by atoms with Crippen molar-refractivity contribution >= 4 is 11.7 Å². The van der Waals surface area contributed by atoms with Gasteiger partial charge in [-0.05, 0) is 101 Å². The number of carbonyl (C=O) groups is 2. The van der Waals surface area contributed by atoms with Crippen molar-refractivity contribution in [1.82, 2.24) is 10.2 Å². The van der Waals surface area contributed by atoms with Gasteiger partial charge < -0.3 is 10.2 Å². The van der Waals surface area contributed by atoms with Crippen LogP contribution in [0.25, 0.3) is 0 Å². The van der Waals surface area contributed by atoms with Crippen molar-refractivity contribution in [2.45, 2.75) is 70.8 Å². The molecule has 1 aromatic rings. The molecule has 5 heteroatoms. The van der Waals surface area contributed by atoms with Gasteiger partial charge in [0.1, 0.15) is 5.82 Å². The number of benzene rings is 1. The molecule has 2 fully saturated rings. The van der Waals surface area contributed by atoms with E-state index in [0.29, 0.717) is 18.0 Å². The minimum atomic E-state index is -0.297. The third-order valence-electron chi connectivity index (χ3n) is 6.63. The van der Waals surface area contributed by atoms with E-state index in [2.05, 4.69) is 10.2 Å². The molecule has 0 bridgehead atoms. The highest BCUT2D eigenvalue weighted by molar-refractivity contribution is 5.97. The molecular weight excluding hydrogens is 367 g/mol. The summed E-state index contributed by atoms with van der Waals surface area (Å²) in [4.78, 5) is 26.8. The first-order valence-corrected chi connectivity index (χ1v) is 11.4. The first kappa shape index (κ1) is 21.9. The van der Waals surface area contributed by atoms with Crippen LogP contribution in [-0.4, -0.2) is 42.3 Å². The number of rotatable bonds is 8. The average Bonchev–Trinajstić information content (AvgIpc) is 2.74. The van der Waals surface area contributed by atoms with Gasteiger partial charge in [-0.3, -0.25) is 9.59 Å². The Balaban J connectivity index is 1.33. The maximum Gasteiger partial charge on any atom is 0.220 e. The average molecular weight is 403 g/mol. The summed E-state index contributed by atoms with van der Waals surface area (Å²) in [6, 6.07) is 6.31. The van der Waals surface area contributed by atoms with Crippen molar-refractivity contribution < 1.29 is 14.0 Å². The Bertz CT molecular complexity index is 660. The number of carbonyl (C=O) groups excluding carboxylic acids is 2. The number of nitrogens with zero attached hydrogens (tertiary/aromatic N) is 1. The summed E-state index contributed by atoms with van der Waals surface area (Å²) in [5.74, 6) is 0.891. The lowest BCUT2D eigenvalue weighted by Crippen LogP contribution is -2.39. The van der Waals surface area contributed by atoms with Crippen LogP contribution in [0.15, 0.2) is 24.3 Å². The fourth-order valence-corrected chi connectivity index (χ4v) is 4.76. The summed E-state index contributed by atoms with van der Waals surface area (Å²) in [7, 11) is 0. The van der Waals surface area contributed by atoms with Crippen LogP contribution in [0.4, 0.5) is 4.39 Å². The Kier molecular flexibility index (Phi) is 8.22. The first-order valence-electron chi connectivity index (χ1n) is 11.4. The highest BCUT2D eigenvalue weighted by atomic mass is 19.1. The van der Waals surface area contributed by atoms with Crippen LogP contribution < -0.4 is 5.32 Å². The van der Waals surface area contributed by atoms with Crippen LogP contribution in [0.3, 0.4) is 0 Å². The van der Waals surface area contributed by atoms with E-state index < -0.39 is 0 Å². The largest absolute Gasteiger partial charge is 0.353 e. The molecule has 0 atom stereocenters. The van der Waals surface area contributed by atoms with E-state index in [1.54, 1.807) is 12.1 Å². The lowest BCUT2D eigenvalue weighted by atomic mass is 9.83. The number of amides is 1. The highest BCUT2D eigenvalue weighted by Gasteiger charge is 2.27. The summed E-state index contributed by atoms with van der Waals surface area (Å²) < 4.78 is 13.1. The van der Waals surface area contributed by atoms with Gasteiger partial charge in [0, 0.05) is 23.9 Å². The molecule has 0 spiro atoms. The molecule has 4 nitrogen and oxygen atoms in total. The molecule has 0 unspecified atom stereocenters. The first-order chi connectivity index (χ1) is 14.0. The van der Waals surface area contributed by atoms with Crippen LogP contribution >= 0.6 is 0 Å². The second kappa shape index (κ2) is 10.9. The van der Waals surface area contributed by atoms with Crippen LogP contribution in [0.5, 0.6) is 0 Å². The van der Waals surface area contributed by atoms with Gasteiger partial charge in [0.25, 0.3) is 0 Å². The van der Waals surface area contributed by atoms with Crippen LogP contribution in [0, 0.1) is 17.7 Å². The van der Waals surface area contributed by atoms with Crippen molar-refractivity contribution in [3.63, 3.8) is 0 Å². The standard InChI is InChI=1S/C24H35FN2O2/c1-2-3-23(28)26-22-10-4-18(5-11-22)12-15-27-16-13-20(14-17-27)24(29)19-6-8-21(25)9-7-19/h6-9,18,20,22H,2-5,10-17H2,1H3,(H,26,28). The zero-order valence-corrected chi connectivity index (χ0v) is 17.7. The summed E-state index contributed by atoms with van der Waals surface area (Å²) in [6.07, 6.45) is 9.17. The fourth-order valence-electron chi connectivity index (χ4n) is 4.76. The maximum atomic E-state index is 13.1. The van der Waals surface area contributed by atoms with Crippen molar-refractivity contribution in [3.05, 3.63) is 35.6 Å². The number of Topliss-reactive ketones (excluding diaryl/α,β-unsaturated/α-hetero) is 1. The zero-order chi connectivity index (χ0) is 20.6. The molecule has 0 radical (unpaired) electrons. The molecule has 3 rings (SSSR count). The van der Waals surface area contributed by atoms with Crippen LogP contribution in [0.1, 0.15) is 75.1 Å². The SMILES string of the molecule is CCCC(=O)NC1CCC(CCN2CCC(C(=O)c3ccc(F)cc3)CC2)CC1. The second-order valence-electron chi connectivity index (χ2n) is 8.81. The molecule has 1 aliphatic carbocycles. The van der Waals surface area contributed by atoms with Gasteiger partial charge in [-0.1, -0.05) is 6.92 Å². The van der Waals surface area contributed by atoms with Crippen molar-refractivity contribution in [1.29, 1.82) is 0 Å². The van der Waals surface area contributed by atoms with E-state index in [9.17, 15) is 14.0 Å². The Morgan fingerprint density at radius 3 is 2.31 bits per heavy atom. The molecule has 160 valence electrons. The highest BCUT2D eigenvalue weighted by Crippen LogP contribution is 2.28.